The molecule has 1 aromatic carbocycles. The summed E-state index contributed by atoms with van der Waals surface area (Å²) in [6.45, 7) is 6.66. The van der Waals surface area contributed by atoms with Crippen LogP contribution in [0, 0.1) is 0 Å². The lowest BCUT2D eigenvalue weighted by Gasteiger charge is -2.48. The lowest BCUT2D eigenvalue weighted by molar-refractivity contribution is -0.341. The van der Waals surface area contributed by atoms with Crippen LogP contribution >= 0.6 is 11.8 Å². The van der Waals surface area contributed by atoms with Gasteiger partial charge in [-0.2, -0.15) is 0 Å². The van der Waals surface area contributed by atoms with E-state index in [0.717, 1.165) is 60.2 Å². The van der Waals surface area contributed by atoms with Gasteiger partial charge in [-0.3, -0.25) is 33.6 Å². The maximum atomic E-state index is 12.5. The zero-order chi connectivity index (χ0) is 37.1. The zero-order valence-electron chi connectivity index (χ0n) is 28.4. The number of thioether (sulfide) groups is 1. The molecule has 0 spiro atoms. The summed E-state index contributed by atoms with van der Waals surface area (Å²) in [6, 6.07) is 8.85. The molecule has 0 aliphatic carbocycles. The minimum atomic E-state index is -1.75. The predicted octanol–water partition coefficient (Wildman–Crippen LogP) is 1.40. The van der Waals surface area contributed by atoms with E-state index in [1.54, 1.807) is 30.3 Å². The highest BCUT2D eigenvalue weighted by Crippen LogP contribution is 2.39. The van der Waals surface area contributed by atoms with E-state index < -0.39 is 116 Å². The van der Waals surface area contributed by atoms with Crippen molar-refractivity contribution < 1.29 is 80.9 Å². The molecule has 1 aromatic rings. The standard InChI is InChI=1S/C32H40O17S/c1-15(33)40-13-23-25(42-17(3)35)27(43-18(4)36)29(45-20(6)38)31(47-23)49-26-24(14-41-16(2)34)48-32(50-22-11-9-8-10-12-22)30(46-21(7)39)28(26)44-19(5)37/h8-12,23-32H,13-14H2,1-7H3. The number of rotatable bonds is 13. The molecule has 0 N–H and O–H groups in total. The number of benzene rings is 1. The van der Waals surface area contributed by atoms with Gasteiger partial charge in [-0.15, -0.1) is 0 Å². The molecule has 0 amide bonds. The van der Waals surface area contributed by atoms with E-state index in [-0.39, 0.29) is 0 Å². The van der Waals surface area contributed by atoms with Crippen LogP contribution < -0.4 is 0 Å². The molecule has 10 atom stereocenters. The van der Waals surface area contributed by atoms with Gasteiger partial charge < -0.3 is 47.4 Å². The highest BCUT2D eigenvalue weighted by atomic mass is 32.2. The fraction of sp³-hybridized carbons (Fsp3) is 0.594. The zero-order valence-corrected chi connectivity index (χ0v) is 29.2. The smallest absolute Gasteiger partial charge is 0.303 e. The third kappa shape index (κ3) is 12.0. The maximum Gasteiger partial charge on any atom is 0.303 e. The Kier molecular flexibility index (Phi) is 15.0. The van der Waals surface area contributed by atoms with Crippen LogP contribution in [0.25, 0.3) is 0 Å². The van der Waals surface area contributed by atoms with E-state index in [4.69, 9.17) is 47.4 Å². The van der Waals surface area contributed by atoms with Crippen LogP contribution in [0.5, 0.6) is 0 Å². The molecule has 0 saturated carbocycles. The number of ether oxygens (including phenoxy) is 10. The molecule has 3 rings (SSSR count). The van der Waals surface area contributed by atoms with Crippen molar-refractivity contribution in [2.75, 3.05) is 13.2 Å². The quantitative estimate of drug-likeness (QED) is 0.207. The van der Waals surface area contributed by atoms with Crippen LogP contribution in [0.3, 0.4) is 0 Å². The molecule has 0 aromatic heterocycles. The Morgan fingerprint density at radius 3 is 1.42 bits per heavy atom. The molecule has 0 radical (unpaired) electrons. The number of hydrogen-bond donors (Lipinski definition) is 0. The Labute approximate surface area is 291 Å². The Hall–Kier alpha value is -4.26. The topological polar surface area (TPSA) is 212 Å². The van der Waals surface area contributed by atoms with Crippen molar-refractivity contribution >= 4 is 53.5 Å². The van der Waals surface area contributed by atoms with Gasteiger partial charge in [0.05, 0.1) is 0 Å². The van der Waals surface area contributed by atoms with Gasteiger partial charge in [-0.1, -0.05) is 30.0 Å². The lowest BCUT2D eigenvalue weighted by atomic mass is 9.96. The number of esters is 7. The van der Waals surface area contributed by atoms with Gasteiger partial charge in [-0.05, 0) is 12.1 Å². The molecular weight excluding hydrogens is 688 g/mol. The first-order valence-corrected chi connectivity index (χ1v) is 16.2. The first-order valence-electron chi connectivity index (χ1n) is 15.4. The van der Waals surface area contributed by atoms with E-state index in [1.807, 2.05) is 0 Å². The SMILES string of the molecule is CC(=O)OCC1OC(OC2C(COC(C)=O)OC(Sc3ccccc3)C(OC(C)=O)C2OC(C)=O)C(OC(C)=O)C(OC(C)=O)C1OC(C)=O. The number of hydrogen-bond acceptors (Lipinski definition) is 18. The molecule has 18 heteroatoms. The highest BCUT2D eigenvalue weighted by molar-refractivity contribution is 7.99. The minimum Gasteiger partial charge on any atom is -0.463 e. The van der Waals surface area contributed by atoms with Crippen LogP contribution in [-0.2, 0) is 80.9 Å². The van der Waals surface area contributed by atoms with Crippen molar-refractivity contribution in [3.8, 4) is 0 Å². The van der Waals surface area contributed by atoms with Crippen molar-refractivity contribution in [1.82, 2.24) is 0 Å². The van der Waals surface area contributed by atoms with E-state index in [2.05, 4.69) is 0 Å². The molecule has 2 aliphatic rings. The van der Waals surface area contributed by atoms with Gasteiger partial charge in [0.1, 0.15) is 37.0 Å². The minimum absolute atomic E-state index is 0.471. The summed E-state index contributed by atoms with van der Waals surface area (Å²) in [6.07, 6.45) is -13.4. The van der Waals surface area contributed by atoms with Gasteiger partial charge in [0.15, 0.2) is 36.8 Å². The molecule has 17 nitrogen and oxygen atoms in total. The van der Waals surface area contributed by atoms with Crippen LogP contribution in [-0.4, -0.2) is 116 Å². The van der Waals surface area contributed by atoms with E-state index in [0.29, 0.717) is 4.90 Å². The molecule has 0 bridgehead atoms. The molecule has 2 heterocycles. The van der Waals surface area contributed by atoms with E-state index in [1.165, 1.54) is 0 Å². The maximum absolute atomic E-state index is 12.5. The normalized spacial score (nSPS) is 29.0. The lowest BCUT2D eigenvalue weighted by Crippen LogP contribution is -2.66. The molecular formula is C32H40O17S. The molecule has 2 fully saturated rings. The Morgan fingerprint density at radius 1 is 0.520 bits per heavy atom. The predicted molar refractivity (Wildman–Crippen MR) is 166 cm³/mol. The third-order valence-electron chi connectivity index (χ3n) is 6.88. The van der Waals surface area contributed by atoms with Gasteiger partial charge in [0.25, 0.3) is 0 Å². The average molecular weight is 729 g/mol. The van der Waals surface area contributed by atoms with Gasteiger partial charge in [0, 0.05) is 53.4 Å². The van der Waals surface area contributed by atoms with Gasteiger partial charge in [-0.25, -0.2) is 0 Å². The molecule has 50 heavy (non-hydrogen) atoms. The summed E-state index contributed by atoms with van der Waals surface area (Å²) in [5.74, 6) is -5.63. The van der Waals surface area contributed by atoms with Crippen LogP contribution in [0.15, 0.2) is 35.2 Å². The summed E-state index contributed by atoms with van der Waals surface area (Å²) in [4.78, 5) is 86.2. The third-order valence-corrected chi connectivity index (χ3v) is 8.04. The first kappa shape index (κ1) is 40.2. The fourth-order valence-corrected chi connectivity index (χ4v) is 6.33. The van der Waals surface area contributed by atoms with Crippen molar-refractivity contribution in [2.45, 2.75) is 114 Å². The van der Waals surface area contributed by atoms with Gasteiger partial charge >= 0.3 is 41.8 Å². The first-order chi connectivity index (χ1) is 23.5. The number of carbonyl (C=O) groups excluding carboxylic acids is 7. The Morgan fingerprint density at radius 2 is 0.940 bits per heavy atom. The molecule has 10 unspecified atom stereocenters. The molecule has 2 saturated heterocycles. The number of carbonyl (C=O) groups is 7. The second-order valence-electron chi connectivity index (χ2n) is 11.1. The van der Waals surface area contributed by atoms with Crippen molar-refractivity contribution in [3.05, 3.63) is 30.3 Å². The molecule has 2 aliphatic heterocycles. The molecule has 276 valence electrons. The second kappa shape index (κ2) is 18.7. The van der Waals surface area contributed by atoms with Gasteiger partial charge in [0.2, 0.25) is 0 Å². The van der Waals surface area contributed by atoms with Crippen LogP contribution in [0.4, 0.5) is 0 Å². The summed E-state index contributed by atoms with van der Waals surface area (Å²) < 4.78 is 56.8. The van der Waals surface area contributed by atoms with Crippen molar-refractivity contribution in [3.63, 3.8) is 0 Å². The Balaban J connectivity index is 2.16. The van der Waals surface area contributed by atoms with E-state index >= 15 is 0 Å². The highest BCUT2D eigenvalue weighted by Gasteiger charge is 2.57. The summed E-state index contributed by atoms with van der Waals surface area (Å²) in [5.41, 5.74) is -1.05. The van der Waals surface area contributed by atoms with Crippen LogP contribution in [0.2, 0.25) is 0 Å². The van der Waals surface area contributed by atoms with Crippen molar-refractivity contribution in [2.24, 2.45) is 0 Å². The largest absolute Gasteiger partial charge is 0.463 e. The second-order valence-corrected chi connectivity index (χ2v) is 12.3. The summed E-state index contributed by atoms with van der Waals surface area (Å²) in [5, 5.41) is 0. The van der Waals surface area contributed by atoms with Crippen LogP contribution in [0.1, 0.15) is 48.5 Å². The van der Waals surface area contributed by atoms with E-state index in [9.17, 15) is 33.6 Å². The average Bonchev–Trinajstić information content (AvgIpc) is 3.00. The Bertz CT molecular complexity index is 1390. The monoisotopic (exact) mass is 728 g/mol. The summed E-state index contributed by atoms with van der Waals surface area (Å²) >= 11 is 1.12. The van der Waals surface area contributed by atoms with Crippen molar-refractivity contribution in [1.29, 1.82) is 0 Å². The fourth-order valence-electron chi connectivity index (χ4n) is 5.20. The summed E-state index contributed by atoms with van der Waals surface area (Å²) in [7, 11) is 0.